The summed E-state index contributed by atoms with van der Waals surface area (Å²) in [6.07, 6.45) is 5.01. The molecular formula is C16H26N2O. The molecule has 3 heteroatoms. The van der Waals surface area contributed by atoms with Gasteiger partial charge in [0.1, 0.15) is 5.75 Å². The molecule has 0 radical (unpaired) electrons. The number of hydrogen-bond acceptors (Lipinski definition) is 3. The number of piperidine rings is 1. The molecule has 1 aliphatic heterocycles. The van der Waals surface area contributed by atoms with E-state index in [0.717, 1.165) is 13.0 Å². The second-order valence-corrected chi connectivity index (χ2v) is 5.81. The van der Waals surface area contributed by atoms with Crippen molar-refractivity contribution < 1.29 is 5.11 Å². The molecule has 1 aliphatic rings. The van der Waals surface area contributed by atoms with Gasteiger partial charge in [0.05, 0.1) is 0 Å². The van der Waals surface area contributed by atoms with Crippen LogP contribution < -0.4 is 5.32 Å². The molecule has 106 valence electrons. The third-order valence-electron chi connectivity index (χ3n) is 4.14. The lowest BCUT2D eigenvalue weighted by Gasteiger charge is -2.31. The lowest BCUT2D eigenvalue weighted by molar-refractivity contribution is 0.212. The van der Waals surface area contributed by atoms with Gasteiger partial charge in [-0.05, 0) is 57.5 Å². The molecule has 19 heavy (non-hydrogen) atoms. The summed E-state index contributed by atoms with van der Waals surface area (Å²) >= 11 is 0. The maximum Gasteiger partial charge on any atom is 0.115 e. The number of rotatable bonds is 5. The molecule has 3 nitrogen and oxygen atoms in total. The number of phenolic OH excluding ortho intramolecular Hbond substituents is 1. The molecule has 0 bridgehead atoms. The van der Waals surface area contributed by atoms with Crippen LogP contribution in [-0.4, -0.2) is 42.2 Å². The second-order valence-electron chi connectivity index (χ2n) is 5.81. The zero-order chi connectivity index (χ0) is 13.7. The van der Waals surface area contributed by atoms with Gasteiger partial charge in [0.25, 0.3) is 0 Å². The number of likely N-dealkylation sites (N-methyl/N-ethyl adjacent to an activating group) is 1. The molecule has 0 amide bonds. The summed E-state index contributed by atoms with van der Waals surface area (Å²) in [6, 6.07) is 8.74. The van der Waals surface area contributed by atoms with Crippen LogP contribution in [0.5, 0.6) is 5.75 Å². The fourth-order valence-corrected chi connectivity index (χ4v) is 2.74. The zero-order valence-electron chi connectivity index (χ0n) is 12.1. The Labute approximate surface area is 116 Å². The summed E-state index contributed by atoms with van der Waals surface area (Å²) in [5.41, 5.74) is 1.29. The first-order valence-corrected chi connectivity index (χ1v) is 7.36. The normalized spacial score (nSPS) is 21.5. The van der Waals surface area contributed by atoms with E-state index >= 15 is 0 Å². The first kappa shape index (κ1) is 14.4. The standard InChI is InChI=1S/C16H26N2O/c1-13(11-14-6-8-16(19)9-7-14)18(2)12-15-5-3-4-10-17-15/h6-9,13,15,17,19H,3-5,10-12H2,1-2H3. The van der Waals surface area contributed by atoms with Gasteiger partial charge in [-0.2, -0.15) is 0 Å². The average molecular weight is 262 g/mol. The van der Waals surface area contributed by atoms with Gasteiger partial charge >= 0.3 is 0 Å². The van der Waals surface area contributed by atoms with E-state index in [1.54, 1.807) is 12.1 Å². The number of phenols is 1. The Hall–Kier alpha value is -1.06. The number of benzene rings is 1. The smallest absolute Gasteiger partial charge is 0.115 e. The molecule has 1 aromatic rings. The molecule has 0 spiro atoms. The van der Waals surface area contributed by atoms with E-state index < -0.39 is 0 Å². The molecule has 2 unspecified atom stereocenters. The first-order chi connectivity index (χ1) is 9.15. The number of aromatic hydroxyl groups is 1. The number of nitrogens with zero attached hydrogens (tertiary/aromatic N) is 1. The zero-order valence-corrected chi connectivity index (χ0v) is 12.1. The molecule has 0 aromatic heterocycles. The van der Waals surface area contributed by atoms with E-state index in [9.17, 15) is 5.11 Å². The van der Waals surface area contributed by atoms with Gasteiger partial charge in [-0.3, -0.25) is 0 Å². The molecular weight excluding hydrogens is 236 g/mol. The molecule has 2 rings (SSSR count). The number of hydrogen-bond donors (Lipinski definition) is 2. The van der Waals surface area contributed by atoms with Crippen molar-refractivity contribution >= 4 is 0 Å². The van der Waals surface area contributed by atoms with Gasteiger partial charge < -0.3 is 15.3 Å². The van der Waals surface area contributed by atoms with E-state index in [4.69, 9.17) is 0 Å². The molecule has 1 heterocycles. The van der Waals surface area contributed by atoms with Gasteiger partial charge in [0.2, 0.25) is 0 Å². The summed E-state index contributed by atoms with van der Waals surface area (Å²) in [4.78, 5) is 2.44. The highest BCUT2D eigenvalue weighted by Crippen LogP contribution is 2.14. The van der Waals surface area contributed by atoms with Crippen LogP contribution in [0, 0.1) is 0 Å². The van der Waals surface area contributed by atoms with Crippen molar-refractivity contribution in [1.29, 1.82) is 0 Å². The second kappa shape index (κ2) is 6.92. The Kier molecular flexibility index (Phi) is 5.23. The van der Waals surface area contributed by atoms with Crippen LogP contribution in [0.1, 0.15) is 31.7 Å². The van der Waals surface area contributed by atoms with Crippen molar-refractivity contribution in [2.45, 2.75) is 44.7 Å². The Morgan fingerprint density at radius 3 is 2.68 bits per heavy atom. The molecule has 2 atom stereocenters. The lowest BCUT2D eigenvalue weighted by atomic mass is 10.0. The summed E-state index contributed by atoms with van der Waals surface area (Å²) in [7, 11) is 2.21. The van der Waals surface area contributed by atoms with E-state index in [1.165, 1.54) is 31.4 Å². The monoisotopic (exact) mass is 262 g/mol. The minimum absolute atomic E-state index is 0.344. The highest BCUT2D eigenvalue weighted by molar-refractivity contribution is 5.26. The highest BCUT2D eigenvalue weighted by Gasteiger charge is 2.17. The molecule has 0 aliphatic carbocycles. The highest BCUT2D eigenvalue weighted by atomic mass is 16.3. The van der Waals surface area contributed by atoms with Crippen molar-refractivity contribution in [2.75, 3.05) is 20.1 Å². The molecule has 1 saturated heterocycles. The van der Waals surface area contributed by atoms with E-state index in [-0.39, 0.29) is 0 Å². The van der Waals surface area contributed by atoms with E-state index in [2.05, 4.69) is 24.2 Å². The van der Waals surface area contributed by atoms with Gasteiger partial charge in [-0.15, -0.1) is 0 Å². The van der Waals surface area contributed by atoms with Crippen LogP contribution in [0.4, 0.5) is 0 Å². The molecule has 1 fully saturated rings. The maximum absolute atomic E-state index is 9.30. The van der Waals surface area contributed by atoms with Gasteiger partial charge in [-0.1, -0.05) is 18.6 Å². The number of nitrogens with one attached hydrogen (secondary N) is 1. The molecule has 2 N–H and O–H groups in total. The molecule has 0 saturated carbocycles. The van der Waals surface area contributed by atoms with E-state index in [0.29, 0.717) is 17.8 Å². The van der Waals surface area contributed by atoms with Crippen molar-refractivity contribution in [3.05, 3.63) is 29.8 Å². The van der Waals surface area contributed by atoms with Gasteiger partial charge in [0, 0.05) is 18.6 Å². The Bertz CT molecular complexity index is 371. The summed E-state index contributed by atoms with van der Waals surface area (Å²) < 4.78 is 0. The van der Waals surface area contributed by atoms with Crippen LogP contribution >= 0.6 is 0 Å². The molecule has 1 aromatic carbocycles. The van der Waals surface area contributed by atoms with Crippen LogP contribution in [0.15, 0.2) is 24.3 Å². The lowest BCUT2D eigenvalue weighted by Crippen LogP contribution is -2.45. The van der Waals surface area contributed by atoms with Crippen LogP contribution in [-0.2, 0) is 6.42 Å². The van der Waals surface area contributed by atoms with Crippen LogP contribution in [0.25, 0.3) is 0 Å². The maximum atomic E-state index is 9.30. The Balaban J connectivity index is 1.81. The van der Waals surface area contributed by atoms with Crippen molar-refractivity contribution in [2.24, 2.45) is 0 Å². The van der Waals surface area contributed by atoms with Crippen molar-refractivity contribution in [1.82, 2.24) is 10.2 Å². The Morgan fingerprint density at radius 1 is 1.32 bits per heavy atom. The minimum Gasteiger partial charge on any atom is -0.508 e. The summed E-state index contributed by atoms with van der Waals surface area (Å²) in [5, 5.41) is 12.9. The average Bonchev–Trinajstić information content (AvgIpc) is 2.42. The topological polar surface area (TPSA) is 35.5 Å². The van der Waals surface area contributed by atoms with E-state index in [1.807, 2.05) is 12.1 Å². The fourth-order valence-electron chi connectivity index (χ4n) is 2.74. The minimum atomic E-state index is 0.344. The SMILES string of the molecule is CC(Cc1ccc(O)cc1)N(C)CC1CCCCN1. The predicted molar refractivity (Wildman–Crippen MR) is 79.5 cm³/mol. The van der Waals surface area contributed by atoms with Gasteiger partial charge in [0.15, 0.2) is 0 Å². The quantitative estimate of drug-likeness (QED) is 0.855. The van der Waals surface area contributed by atoms with Crippen molar-refractivity contribution in [3.8, 4) is 5.75 Å². The fraction of sp³-hybridized carbons (Fsp3) is 0.625. The summed E-state index contributed by atoms with van der Waals surface area (Å²) in [6.45, 7) is 4.57. The largest absolute Gasteiger partial charge is 0.508 e. The van der Waals surface area contributed by atoms with Crippen LogP contribution in [0.3, 0.4) is 0 Å². The Morgan fingerprint density at radius 2 is 2.05 bits per heavy atom. The van der Waals surface area contributed by atoms with Crippen LogP contribution in [0.2, 0.25) is 0 Å². The van der Waals surface area contributed by atoms with Gasteiger partial charge in [-0.25, -0.2) is 0 Å². The summed E-state index contributed by atoms with van der Waals surface area (Å²) in [5.74, 6) is 0.344. The third-order valence-corrected chi connectivity index (χ3v) is 4.14. The van der Waals surface area contributed by atoms with Crippen molar-refractivity contribution in [3.63, 3.8) is 0 Å². The predicted octanol–water partition coefficient (Wildman–Crippen LogP) is 2.40. The first-order valence-electron chi connectivity index (χ1n) is 7.36. The third kappa shape index (κ3) is 4.51.